The Labute approximate surface area is 157 Å². The molecule has 1 amide bonds. The lowest BCUT2D eigenvalue weighted by Gasteiger charge is -2.31. The van der Waals surface area contributed by atoms with Crippen molar-refractivity contribution in [1.29, 1.82) is 5.26 Å². The predicted octanol–water partition coefficient (Wildman–Crippen LogP) is 1.97. The van der Waals surface area contributed by atoms with Gasteiger partial charge in [-0.2, -0.15) is 5.26 Å². The van der Waals surface area contributed by atoms with Gasteiger partial charge in [0.15, 0.2) is 18.1 Å². The van der Waals surface area contributed by atoms with Crippen LogP contribution in [0.1, 0.15) is 42.5 Å². The fourth-order valence-electron chi connectivity index (χ4n) is 3.33. The third-order valence-electron chi connectivity index (χ3n) is 4.70. The molecule has 1 N–H and O–H groups in total. The van der Waals surface area contributed by atoms with Gasteiger partial charge in [0.2, 0.25) is 5.75 Å². The number of hydrogen-bond acceptors (Lipinski definition) is 7. The molecule has 3 rings (SSSR count). The largest absolute Gasteiger partial charge is 0.493 e. The highest BCUT2D eigenvalue weighted by Gasteiger charge is 2.33. The molecule has 0 saturated heterocycles. The number of carbonyl (C=O) groups excluding carboxylic acids is 2. The summed E-state index contributed by atoms with van der Waals surface area (Å²) in [5, 5.41) is 12.1. The molecular weight excluding hydrogens is 352 g/mol. The van der Waals surface area contributed by atoms with E-state index in [1.165, 1.54) is 19.2 Å². The van der Waals surface area contributed by atoms with Crippen molar-refractivity contribution >= 4 is 11.9 Å². The molecule has 0 aromatic heterocycles. The molecule has 8 nitrogen and oxygen atoms in total. The number of ether oxygens (including phenoxy) is 4. The zero-order valence-electron chi connectivity index (χ0n) is 15.2. The molecule has 8 heteroatoms. The molecular formula is C19H22N2O6. The standard InChI is InChI=1S/C19H22N2O6/c1-24-14-9-13(10-15-17(14)26-8-7-25-15)18(23)27-11-16(22)21-19(12-20)5-3-2-4-6-19/h9-10H,2-8,11H2,1H3,(H,21,22). The molecule has 1 aromatic carbocycles. The minimum Gasteiger partial charge on any atom is -0.493 e. The van der Waals surface area contributed by atoms with Crippen molar-refractivity contribution in [1.82, 2.24) is 5.32 Å². The molecule has 0 radical (unpaired) electrons. The number of nitriles is 1. The van der Waals surface area contributed by atoms with E-state index in [1.54, 1.807) is 0 Å². The van der Waals surface area contributed by atoms with Crippen LogP contribution >= 0.6 is 0 Å². The molecule has 144 valence electrons. The normalized spacial score (nSPS) is 17.3. The quantitative estimate of drug-likeness (QED) is 0.785. The van der Waals surface area contributed by atoms with Crippen molar-refractivity contribution in [3.05, 3.63) is 17.7 Å². The maximum absolute atomic E-state index is 12.3. The van der Waals surface area contributed by atoms with E-state index in [2.05, 4.69) is 11.4 Å². The first-order valence-electron chi connectivity index (χ1n) is 8.94. The van der Waals surface area contributed by atoms with Crippen molar-refractivity contribution < 1.29 is 28.5 Å². The van der Waals surface area contributed by atoms with E-state index in [9.17, 15) is 14.9 Å². The van der Waals surface area contributed by atoms with E-state index in [-0.39, 0.29) is 5.56 Å². The highest BCUT2D eigenvalue weighted by Crippen LogP contribution is 2.40. The zero-order valence-corrected chi connectivity index (χ0v) is 15.2. The summed E-state index contributed by atoms with van der Waals surface area (Å²) in [4.78, 5) is 24.5. The van der Waals surface area contributed by atoms with Gasteiger partial charge in [-0.25, -0.2) is 4.79 Å². The molecule has 1 aromatic rings. The Bertz CT molecular complexity index is 747. The first-order chi connectivity index (χ1) is 13.1. The fourth-order valence-corrected chi connectivity index (χ4v) is 3.33. The molecule has 1 fully saturated rings. The van der Waals surface area contributed by atoms with E-state index in [0.717, 1.165) is 19.3 Å². The van der Waals surface area contributed by atoms with Gasteiger partial charge in [0, 0.05) is 0 Å². The zero-order chi connectivity index (χ0) is 19.3. The summed E-state index contributed by atoms with van der Waals surface area (Å²) in [5.41, 5.74) is -0.668. The van der Waals surface area contributed by atoms with Gasteiger partial charge in [-0.15, -0.1) is 0 Å². The van der Waals surface area contributed by atoms with Crippen LogP contribution in [0.15, 0.2) is 12.1 Å². The van der Waals surface area contributed by atoms with Gasteiger partial charge < -0.3 is 24.3 Å². The Morgan fingerprint density at radius 2 is 1.96 bits per heavy atom. The molecule has 0 spiro atoms. The molecule has 2 aliphatic rings. The topological polar surface area (TPSA) is 107 Å². The Kier molecular flexibility index (Phi) is 5.69. The summed E-state index contributed by atoms with van der Waals surface area (Å²) in [7, 11) is 1.46. The van der Waals surface area contributed by atoms with Crippen LogP contribution in [0.5, 0.6) is 17.2 Å². The average Bonchev–Trinajstić information content (AvgIpc) is 2.71. The summed E-state index contributed by atoms with van der Waals surface area (Å²) in [5.74, 6) is 0.00886. The van der Waals surface area contributed by atoms with Crippen molar-refractivity contribution in [3.63, 3.8) is 0 Å². The molecule has 1 heterocycles. The second-order valence-electron chi connectivity index (χ2n) is 6.58. The van der Waals surface area contributed by atoms with Crippen molar-refractivity contribution in [2.75, 3.05) is 26.9 Å². The van der Waals surface area contributed by atoms with Gasteiger partial charge in [-0.3, -0.25) is 4.79 Å². The minimum absolute atomic E-state index is 0.191. The lowest BCUT2D eigenvalue weighted by molar-refractivity contribution is -0.125. The number of esters is 1. The number of hydrogen-bond donors (Lipinski definition) is 1. The van der Waals surface area contributed by atoms with Crippen LogP contribution in [-0.2, 0) is 9.53 Å². The number of nitrogens with zero attached hydrogens (tertiary/aromatic N) is 1. The molecule has 27 heavy (non-hydrogen) atoms. The number of rotatable bonds is 5. The van der Waals surface area contributed by atoms with Gasteiger partial charge in [0.1, 0.15) is 18.8 Å². The van der Waals surface area contributed by atoms with Crippen LogP contribution in [0.2, 0.25) is 0 Å². The SMILES string of the molecule is COc1cc(C(=O)OCC(=O)NC2(C#N)CCCCC2)cc2c1OCCO2. The smallest absolute Gasteiger partial charge is 0.338 e. The number of carbonyl (C=O) groups is 2. The second kappa shape index (κ2) is 8.16. The van der Waals surface area contributed by atoms with Gasteiger partial charge in [0.25, 0.3) is 5.91 Å². The summed E-state index contributed by atoms with van der Waals surface area (Å²) in [6.45, 7) is 0.306. The highest BCUT2D eigenvalue weighted by atomic mass is 16.6. The van der Waals surface area contributed by atoms with Crippen molar-refractivity contribution in [3.8, 4) is 23.3 Å². The molecule has 0 unspecified atom stereocenters. The van der Waals surface area contributed by atoms with Crippen LogP contribution in [0.4, 0.5) is 0 Å². The third kappa shape index (κ3) is 4.25. The Morgan fingerprint density at radius 1 is 1.22 bits per heavy atom. The number of nitrogens with one attached hydrogen (secondary N) is 1. The first-order valence-corrected chi connectivity index (χ1v) is 8.94. The predicted molar refractivity (Wildman–Crippen MR) is 93.8 cm³/mol. The summed E-state index contributed by atoms with van der Waals surface area (Å²) < 4.78 is 21.3. The van der Waals surface area contributed by atoms with Gasteiger partial charge >= 0.3 is 5.97 Å². The summed E-state index contributed by atoms with van der Waals surface area (Å²) >= 11 is 0. The lowest BCUT2D eigenvalue weighted by Crippen LogP contribution is -2.50. The molecule has 0 bridgehead atoms. The second-order valence-corrected chi connectivity index (χ2v) is 6.58. The fraction of sp³-hybridized carbons (Fsp3) is 0.526. The van der Waals surface area contributed by atoms with Crippen molar-refractivity contribution in [2.24, 2.45) is 0 Å². The number of benzene rings is 1. The Hall–Kier alpha value is -2.95. The number of methoxy groups -OCH3 is 1. The Balaban J connectivity index is 1.62. The van der Waals surface area contributed by atoms with E-state index in [1.807, 2.05) is 0 Å². The van der Waals surface area contributed by atoms with Crippen LogP contribution < -0.4 is 19.5 Å². The van der Waals surface area contributed by atoms with Gasteiger partial charge in [-0.1, -0.05) is 19.3 Å². The maximum atomic E-state index is 12.3. The van der Waals surface area contributed by atoms with Crippen LogP contribution in [0.3, 0.4) is 0 Å². The van der Waals surface area contributed by atoms with Gasteiger partial charge in [0.05, 0.1) is 18.7 Å². The monoisotopic (exact) mass is 374 g/mol. The molecule has 1 aliphatic carbocycles. The van der Waals surface area contributed by atoms with E-state index >= 15 is 0 Å². The summed E-state index contributed by atoms with van der Waals surface area (Å²) in [6.07, 6.45) is 4.07. The molecule has 1 aliphatic heterocycles. The van der Waals surface area contributed by atoms with E-state index < -0.39 is 24.0 Å². The van der Waals surface area contributed by atoms with Crippen molar-refractivity contribution in [2.45, 2.75) is 37.6 Å². The van der Waals surface area contributed by atoms with Gasteiger partial charge in [-0.05, 0) is 25.0 Å². The van der Waals surface area contributed by atoms with E-state index in [0.29, 0.717) is 43.3 Å². The number of amides is 1. The maximum Gasteiger partial charge on any atom is 0.338 e. The Morgan fingerprint density at radius 3 is 2.67 bits per heavy atom. The average molecular weight is 374 g/mol. The minimum atomic E-state index is -0.859. The summed E-state index contributed by atoms with van der Waals surface area (Å²) in [6, 6.07) is 5.17. The molecule has 1 saturated carbocycles. The van der Waals surface area contributed by atoms with E-state index in [4.69, 9.17) is 18.9 Å². The lowest BCUT2D eigenvalue weighted by atomic mass is 9.83. The number of fused-ring (bicyclic) bond motifs is 1. The highest BCUT2D eigenvalue weighted by molar-refractivity contribution is 5.93. The third-order valence-corrected chi connectivity index (χ3v) is 4.70. The van der Waals surface area contributed by atoms with Crippen LogP contribution in [0, 0.1) is 11.3 Å². The molecule has 0 atom stereocenters. The van der Waals surface area contributed by atoms with Crippen LogP contribution in [-0.4, -0.2) is 44.3 Å². The first kappa shape index (κ1) is 18.8. The van der Waals surface area contributed by atoms with Crippen LogP contribution in [0.25, 0.3) is 0 Å².